The van der Waals surface area contributed by atoms with E-state index >= 15 is 0 Å². The van der Waals surface area contributed by atoms with Crippen molar-refractivity contribution in [1.82, 2.24) is 24.6 Å². The molecule has 2 aromatic heterocycles. The van der Waals surface area contributed by atoms with Crippen LogP contribution in [0, 0.1) is 0 Å². The van der Waals surface area contributed by atoms with E-state index in [1.54, 1.807) is 13.0 Å². The predicted molar refractivity (Wildman–Crippen MR) is 145 cm³/mol. The summed E-state index contributed by atoms with van der Waals surface area (Å²) in [7, 11) is 0. The van der Waals surface area contributed by atoms with Crippen molar-refractivity contribution in [2.75, 3.05) is 31.2 Å². The number of anilines is 2. The molecule has 0 unspecified atom stereocenters. The summed E-state index contributed by atoms with van der Waals surface area (Å²) in [6.07, 6.45) is 3.53. The van der Waals surface area contributed by atoms with Gasteiger partial charge in [-0.25, -0.2) is 8.78 Å². The fraction of sp³-hybridized carbons (Fsp3) is 0.483. The first-order valence-corrected chi connectivity index (χ1v) is 14.0. The minimum absolute atomic E-state index is 0.000396. The monoisotopic (exact) mass is 566 g/mol. The summed E-state index contributed by atoms with van der Waals surface area (Å²) in [6, 6.07) is 3.49. The largest absolute Gasteiger partial charge is 0.481 e. The van der Waals surface area contributed by atoms with Crippen LogP contribution in [0.1, 0.15) is 66.7 Å². The first-order chi connectivity index (χ1) is 19.8. The molecule has 41 heavy (non-hydrogen) atoms. The van der Waals surface area contributed by atoms with Crippen LogP contribution in [0.2, 0.25) is 0 Å². The van der Waals surface area contributed by atoms with Gasteiger partial charge in [0.25, 0.3) is 6.43 Å². The van der Waals surface area contributed by atoms with E-state index in [1.807, 2.05) is 9.80 Å². The van der Waals surface area contributed by atoms with E-state index in [0.717, 1.165) is 41.9 Å². The number of carbonyl (C=O) groups excluding carboxylic acids is 1. The Labute approximate surface area is 235 Å². The zero-order chi connectivity index (χ0) is 28.7. The maximum atomic E-state index is 14.5. The van der Waals surface area contributed by atoms with Gasteiger partial charge in [-0.2, -0.15) is 5.10 Å². The molecule has 0 saturated carbocycles. The molecule has 0 bridgehead atoms. The highest BCUT2D eigenvalue weighted by Gasteiger charge is 2.34. The zero-order valence-corrected chi connectivity index (χ0v) is 22.9. The lowest BCUT2D eigenvalue weighted by Gasteiger charge is -2.33. The van der Waals surface area contributed by atoms with Crippen LogP contribution < -0.4 is 4.90 Å². The molecule has 10 nitrogen and oxygen atoms in total. The number of fused-ring (bicyclic) bond motifs is 2. The summed E-state index contributed by atoms with van der Waals surface area (Å²) in [6.45, 7) is 4.59. The number of carboxylic acid groups (broad SMARTS) is 1. The molecule has 3 aliphatic heterocycles. The number of carboxylic acids is 1. The minimum atomic E-state index is -2.76. The molecule has 1 fully saturated rings. The number of aliphatic carboxylic acids is 1. The van der Waals surface area contributed by atoms with Gasteiger partial charge in [-0.15, -0.1) is 0 Å². The van der Waals surface area contributed by atoms with Gasteiger partial charge in [0.05, 0.1) is 36.6 Å². The normalized spacial score (nSPS) is 17.5. The van der Waals surface area contributed by atoms with E-state index in [1.165, 1.54) is 18.5 Å². The molecule has 0 radical (unpaired) electrons. The van der Waals surface area contributed by atoms with Crippen LogP contribution in [0.4, 0.5) is 20.3 Å². The number of hydrogen-bond donors (Lipinski definition) is 1. The van der Waals surface area contributed by atoms with Gasteiger partial charge in [-0.1, -0.05) is 0 Å². The highest BCUT2D eigenvalue weighted by Crippen LogP contribution is 2.43. The molecule has 216 valence electrons. The molecule has 12 heteroatoms. The second-order valence-corrected chi connectivity index (χ2v) is 10.8. The van der Waals surface area contributed by atoms with E-state index < -0.39 is 12.4 Å². The molecular formula is C29H32F2N6O4. The molecule has 3 aromatic rings. The molecule has 1 amide bonds. The number of alkyl halides is 2. The van der Waals surface area contributed by atoms with Crippen LogP contribution >= 0.6 is 0 Å². The van der Waals surface area contributed by atoms with Crippen LogP contribution in [0.5, 0.6) is 0 Å². The quantitative estimate of drug-likeness (QED) is 0.471. The predicted octanol–water partition coefficient (Wildman–Crippen LogP) is 4.25. The Morgan fingerprint density at radius 3 is 2.61 bits per heavy atom. The van der Waals surface area contributed by atoms with Crippen molar-refractivity contribution < 1.29 is 28.2 Å². The fourth-order valence-corrected chi connectivity index (χ4v) is 6.16. The number of carbonyl (C=O) groups is 2. The maximum absolute atomic E-state index is 14.5. The van der Waals surface area contributed by atoms with E-state index in [2.05, 4.69) is 14.6 Å². The van der Waals surface area contributed by atoms with Gasteiger partial charge in [-0.05, 0) is 43.4 Å². The van der Waals surface area contributed by atoms with E-state index in [9.17, 15) is 18.4 Å². The maximum Gasteiger partial charge on any atom is 0.309 e. The number of nitrogens with zero attached hydrogens (tertiary/aromatic N) is 6. The van der Waals surface area contributed by atoms with Gasteiger partial charge < -0.3 is 19.6 Å². The number of ether oxygens (including phenoxy) is 1. The number of amides is 1. The van der Waals surface area contributed by atoms with Crippen LogP contribution in [0.25, 0.3) is 11.3 Å². The van der Waals surface area contributed by atoms with Crippen molar-refractivity contribution >= 4 is 23.4 Å². The number of aryl methyl sites for hydroxylation is 1. The van der Waals surface area contributed by atoms with E-state index in [-0.39, 0.29) is 40.9 Å². The molecule has 5 heterocycles. The molecule has 1 aromatic carbocycles. The summed E-state index contributed by atoms with van der Waals surface area (Å²) in [4.78, 5) is 35.6. The van der Waals surface area contributed by atoms with Crippen LogP contribution in [-0.2, 0) is 40.1 Å². The first kappa shape index (κ1) is 27.3. The Balaban J connectivity index is 1.43. The van der Waals surface area contributed by atoms with Crippen LogP contribution in [0.15, 0.2) is 24.5 Å². The third-order valence-electron chi connectivity index (χ3n) is 8.22. The Morgan fingerprint density at radius 2 is 1.93 bits per heavy atom. The number of hydrogen-bond acceptors (Lipinski definition) is 7. The van der Waals surface area contributed by atoms with Crippen molar-refractivity contribution in [3.05, 3.63) is 52.6 Å². The summed E-state index contributed by atoms with van der Waals surface area (Å²) in [5.74, 6) is -0.314. The Hall–Kier alpha value is -3.93. The van der Waals surface area contributed by atoms with Gasteiger partial charge in [0, 0.05) is 73.9 Å². The Kier molecular flexibility index (Phi) is 7.41. The van der Waals surface area contributed by atoms with E-state index in [4.69, 9.17) is 14.9 Å². The van der Waals surface area contributed by atoms with Gasteiger partial charge in [0.2, 0.25) is 5.91 Å². The molecule has 1 saturated heterocycles. The second kappa shape index (κ2) is 11.2. The van der Waals surface area contributed by atoms with Crippen LogP contribution in [-0.4, -0.2) is 67.9 Å². The third kappa shape index (κ3) is 5.28. The van der Waals surface area contributed by atoms with Crippen molar-refractivity contribution in [3.63, 3.8) is 0 Å². The van der Waals surface area contributed by atoms with E-state index in [0.29, 0.717) is 51.4 Å². The average molecular weight is 567 g/mol. The van der Waals surface area contributed by atoms with Crippen molar-refractivity contribution in [2.45, 2.75) is 64.5 Å². The smallest absolute Gasteiger partial charge is 0.309 e. The summed E-state index contributed by atoms with van der Waals surface area (Å²) < 4.78 is 36.7. The Bertz CT molecular complexity index is 1470. The lowest BCUT2D eigenvalue weighted by atomic mass is 9.93. The SMILES string of the molecule is CC(=O)N1CCc2c(c(N3CCCc4cc(-c5cnc(CC(=O)O)cn5)c(C(F)F)cc43)nn2C2CCOCC2)C1. The lowest BCUT2D eigenvalue weighted by Crippen LogP contribution is -2.36. The first-order valence-electron chi connectivity index (χ1n) is 14.0. The second-order valence-electron chi connectivity index (χ2n) is 10.8. The standard InChI is InChI=1S/C29H32F2N6O4/c1-17(38)35-8-4-25-23(16-35)29(34-37(25)20-5-9-41-10-6-20)36-7-2-3-18-11-21(22(28(30)31)13-26(18)36)24-15-32-19(14-33-24)12-27(39)40/h11,13-15,20,28H,2-10,12,16H2,1H3,(H,39,40). The zero-order valence-electron chi connectivity index (χ0n) is 22.9. The molecule has 6 rings (SSSR count). The topological polar surface area (TPSA) is 114 Å². The number of aromatic nitrogens is 4. The summed E-state index contributed by atoms with van der Waals surface area (Å²) in [5.41, 5.74) is 4.32. The number of benzene rings is 1. The third-order valence-corrected chi connectivity index (χ3v) is 8.22. The highest BCUT2D eigenvalue weighted by molar-refractivity contribution is 5.77. The van der Waals surface area contributed by atoms with Crippen LogP contribution in [0.3, 0.4) is 0 Å². The van der Waals surface area contributed by atoms with Gasteiger partial charge in [0.15, 0.2) is 5.82 Å². The number of halogens is 2. The fourth-order valence-electron chi connectivity index (χ4n) is 6.16. The summed E-state index contributed by atoms with van der Waals surface area (Å²) >= 11 is 0. The highest BCUT2D eigenvalue weighted by atomic mass is 19.3. The molecule has 0 spiro atoms. The summed E-state index contributed by atoms with van der Waals surface area (Å²) in [5, 5.41) is 14.1. The van der Waals surface area contributed by atoms with Gasteiger partial charge >= 0.3 is 5.97 Å². The van der Waals surface area contributed by atoms with Crippen molar-refractivity contribution in [3.8, 4) is 11.3 Å². The minimum Gasteiger partial charge on any atom is -0.481 e. The molecule has 0 atom stereocenters. The number of rotatable bonds is 6. The van der Waals surface area contributed by atoms with Gasteiger partial charge in [0.1, 0.15) is 0 Å². The van der Waals surface area contributed by atoms with Gasteiger partial charge in [-0.3, -0.25) is 24.2 Å². The Morgan fingerprint density at radius 1 is 1.12 bits per heavy atom. The van der Waals surface area contributed by atoms with Crippen molar-refractivity contribution in [1.29, 1.82) is 0 Å². The van der Waals surface area contributed by atoms with Crippen molar-refractivity contribution in [2.24, 2.45) is 0 Å². The molecular weight excluding hydrogens is 534 g/mol. The molecule has 3 aliphatic rings. The molecule has 1 N–H and O–H groups in total. The average Bonchev–Trinajstić information content (AvgIpc) is 3.35. The lowest BCUT2D eigenvalue weighted by molar-refractivity contribution is -0.136. The molecule has 0 aliphatic carbocycles.